The molecule has 7 nitrogen and oxygen atoms in total. The van der Waals surface area contributed by atoms with E-state index in [2.05, 4.69) is 102 Å². The first-order valence-electron chi connectivity index (χ1n) is 17.8. The Morgan fingerprint density at radius 2 is 0.873 bits per heavy atom. The summed E-state index contributed by atoms with van der Waals surface area (Å²) in [4.78, 5) is 20.3. The van der Waals surface area contributed by atoms with E-state index in [-0.39, 0.29) is 0 Å². The molecule has 0 radical (unpaired) electrons. The van der Waals surface area contributed by atoms with E-state index in [1.807, 2.05) is 66.7 Å². The lowest BCUT2D eigenvalue weighted by atomic mass is 9.99. The van der Waals surface area contributed by atoms with E-state index in [0.717, 1.165) is 72.2 Å². The minimum atomic E-state index is 0.525. The zero-order valence-corrected chi connectivity index (χ0v) is 29.2. The summed E-state index contributed by atoms with van der Waals surface area (Å²) in [5.74, 6) is 1.07. The molecule has 0 saturated heterocycles. The molecule has 0 bridgehead atoms. The van der Waals surface area contributed by atoms with Crippen LogP contribution in [-0.2, 0) is 0 Å². The number of fused-ring (bicyclic) bond motifs is 5. The molecule has 254 valence electrons. The molecule has 55 heavy (non-hydrogen) atoms. The van der Waals surface area contributed by atoms with E-state index in [1.54, 1.807) is 12.1 Å². The third-order valence-electron chi connectivity index (χ3n) is 10.0. The van der Waals surface area contributed by atoms with Crippen molar-refractivity contribution in [2.24, 2.45) is 0 Å². The highest BCUT2D eigenvalue weighted by atomic mass is 15.0. The van der Waals surface area contributed by atoms with Gasteiger partial charge in [0.15, 0.2) is 11.6 Å². The molecule has 0 aliphatic carbocycles. The van der Waals surface area contributed by atoms with Crippen molar-refractivity contribution in [3.05, 3.63) is 175 Å². The average molecular weight is 702 g/mol. The van der Waals surface area contributed by atoms with E-state index in [1.165, 1.54) is 10.8 Å². The smallest absolute Gasteiger partial charge is 0.160 e. The minimum Gasteiger partial charge on any atom is -0.309 e. The molecule has 10 aromatic rings. The SMILES string of the molecule is N#Cc1cccc(-c2nc(-c3cccc(-c4nc(-c5cccc(C#N)c5)nc5cc(-n6c7ccccc7c7ccccc76)ccc45)c3)c3ccccc3n2)c1. The van der Waals surface area contributed by atoms with Crippen molar-refractivity contribution in [2.45, 2.75) is 0 Å². The van der Waals surface area contributed by atoms with Crippen LogP contribution in [0.15, 0.2) is 164 Å². The van der Waals surface area contributed by atoms with Crippen molar-refractivity contribution in [3.63, 3.8) is 0 Å². The Labute approximate surface area is 315 Å². The Bertz CT molecular complexity index is 3200. The Balaban J connectivity index is 1.19. The molecular formula is C48H27N7. The number of hydrogen-bond donors (Lipinski definition) is 0. The normalized spacial score (nSPS) is 11.2. The molecule has 0 atom stereocenters. The maximum atomic E-state index is 9.74. The highest BCUT2D eigenvalue weighted by Gasteiger charge is 2.18. The number of nitrogens with zero attached hydrogens (tertiary/aromatic N) is 7. The van der Waals surface area contributed by atoms with Crippen LogP contribution >= 0.6 is 0 Å². The van der Waals surface area contributed by atoms with Gasteiger partial charge in [-0.3, -0.25) is 0 Å². The predicted octanol–water partition coefficient (Wildman–Crippen LogP) is 11.1. The molecule has 0 fully saturated rings. The molecular weight excluding hydrogens is 675 g/mol. The summed E-state index contributed by atoms with van der Waals surface area (Å²) in [7, 11) is 0. The fourth-order valence-electron chi connectivity index (χ4n) is 7.50. The van der Waals surface area contributed by atoms with Gasteiger partial charge in [-0.1, -0.05) is 97.1 Å². The first kappa shape index (κ1) is 31.7. The molecule has 7 aromatic carbocycles. The van der Waals surface area contributed by atoms with Crippen molar-refractivity contribution in [1.29, 1.82) is 10.5 Å². The number of rotatable bonds is 5. The molecule has 0 unspecified atom stereocenters. The summed E-state index contributed by atoms with van der Waals surface area (Å²) in [6.07, 6.45) is 0. The molecule has 3 aromatic heterocycles. The molecule has 0 aliphatic heterocycles. The van der Waals surface area contributed by atoms with Crippen LogP contribution in [0.1, 0.15) is 11.1 Å². The van der Waals surface area contributed by atoms with Crippen molar-refractivity contribution in [1.82, 2.24) is 24.5 Å². The van der Waals surface area contributed by atoms with Gasteiger partial charge < -0.3 is 4.57 Å². The largest absolute Gasteiger partial charge is 0.309 e. The van der Waals surface area contributed by atoms with Crippen LogP contribution in [0.4, 0.5) is 0 Å². The van der Waals surface area contributed by atoms with E-state index in [9.17, 15) is 10.5 Å². The van der Waals surface area contributed by atoms with Gasteiger partial charge in [-0.15, -0.1) is 0 Å². The van der Waals surface area contributed by atoms with Crippen LogP contribution < -0.4 is 0 Å². The predicted molar refractivity (Wildman–Crippen MR) is 218 cm³/mol. The summed E-state index contributed by atoms with van der Waals surface area (Å²) < 4.78 is 2.28. The molecule has 7 heteroatoms. The van der Waals surface area contributed by atoms with Crippen LogP contribution in [0, 0.1) is 22.7 Å². The van der Waals surface area contributed by atoms with Crippen LogP contribution in [0.5, 0.6) is 0 Å². The second-order valence-electron chi connectivity index (χ2n) is 13.3. The molecule has 10 rings (SSSR count). The monoisotopic (exact) mass is 701 g/mol. The fraction of sp³-hybridized carbons (Fsp3) is 0. The van der Waals surface area contributed by atoms with Crippen LogP contribution in [0.2, 0.25) is 0 Å². The summed E-state index contributed by atoms with van der Waals surface area (Å²) in [6.45, 7) is 0. The van der Waals surface area contributed by atoms with Gasteiger partial charge >= 0.3 is 0 Å². The molecule has 0 saturated carbocycles. The van der Waals surface area contributed by atoms with Gasteiger partial charge in [0.25, 0.3) is 0 Å². The minimum absolute atomic E-state index is 0.525. The zero-order chi connectivity index (χ0) is 36.9. The summed E-state index contributed by atoms with van der Waals surface area (Å²) in [5.41, 5.74) is 10.7. The van der Waals surface area contributed by atoms with Crippen molar-refractivity contribution in [2.75, 3.05) is 0 Å². The third-order valence-corrected chi connectivity index (χ3v) is 10.0. The van der Waals surface area contributed by atoms with E-state index < -0.39 is 0 Å². The standard InChI is InChI=1S/C48H27N7/c49-28-30-10-7-14-34(24-30)47-51-41-19-4-1-18-39(41)45(53-47)32-12-9-13-33(26-32)46-40-23-22-36(27-42(40)52-48(54-46)35-15-8-11-31(25-35)29-50)55-43-20-5-2-16-37(43)38-17-3-6-21-44(38)55/h1-27H. The fourth-order valence-corrected chi connectivity index (χ4v) is 7.50. The lowest BCUT2D eigenvalue weighted by Gasteiger charge is -2.14. The van der Waals surface area contributed by atoms with Gasteiger partial charge in [0.2, 0.25) is 0 Å². The molecule has 0 spiro atoms. The second-order valence-corrected chi connectivity index (χ2v) is 13.3. The second kappa shape index (κ2) is 12.9. The zero-order valence-electron chi connectivity index (χ0n) is 29.2. The van der Waals surface area contributed by atoms with E-state index >= 15 is 0 Å². The summed E-state index contributed by atoms with van der Waals surface area (Å²) in [6, 6.07) is 58.8. The van der Waals surface area contributed by atoms with Crippen molar-refractivity contribution < 1.29 is 0 Å². The maximum absolute atomic E-state index is 9.74. The summed E-state index contributed by atoms with van der Waals surface area (Å²) >= 11 is 0. The number of benzene rings is 7. The topological polar surface area (TPSA) is 104 Å². The Morgan fingerprint density at radius 3 is 1.47 bits per heavy atom. The molecule has 3 heterocycles. The van der Waals surface area contributed by atoms with Gasteiger partial charge in [-0.2, -0.15) is 10.5 Å². The highest BCUT2D eigenvalue weighted by molar-refractivity contribution is 6.09. The first-order chi connectivity index (χ1) is 27.1. The highest BCUT2D eigenvalue weighted by Crippen LogP contribution is 2.37. The molecule has 0 N–H and O–H groups in total. The van der Waals surface area contributed by atoms with Crippen molar-refractivity contribution >= 4 is 43.6 Å². The van der Waals surface area contributed by atoms with Crippen LogP contribution in [-0.4, -0.2) is 24.5 Å². The number of para-hydroxylation sites is 3. The van der Waals surface area contributed by atoms with Crippen LogP contribution in [0.25, 0.3) is 94.6 Å². The van der Waals surface area contributed by atoms with Gasteiger partial charge in [0, 0.05) is 49.5 Å². The number of aromatic nitrogens is 5. The van der Waals surface area contributed by atoms with Gasteiger partial charge in [0.05, 0.1) is 56.7 Å². The Kier molecular flexibility index (Phi) is 7.43. The maximum Gasteiger partial charge on any atom is 0.160 e. The average Bonchev–Trinajstić information content (AvgIpc) is 3.60. The first-order valence-corrected chi connectivity index (χ1v) is 17.8. The van der Waals surface area contributed by atoms with Crippen molar-refractivity contribution in [3.8, 4) is 63.1 Å². The van der Waals surface area contributed by atoms with Gasteiger partial charge in [0.1, 0.15) is 0 Å². The van der Waals surface area contributed by atoms with Crippen LogP contribution in [0.3, 0.4) is 0 Å². The Morgan fingerprint density at radius 1 is 0.382 bits per heavy atom. The lowest BCUT2D eigenvalue weighted by molar-refractivity contribution is 1.17. The summed E-state index contributed by atoms with van der Waals surface area (Å²) in [5, 5.41) is 23.5. The third kappa shape index (κ3) is 5.44. The molecule has 0 aliphatic rings. The number of nitriles is 2. The van der Waals surface area contributed by atoms with E-state index in [4.69, 9.17) is 19.9 Å². The van der Waals surface area contributed by atoms with Gasteiger partial charge in [-0.05, 0) is 66.7 Å². The Hall–Kier alpha value is -8.00. The lowest BCUT2D eigenvalue weighted by Crippen LogP contribution is -1.99. The number of hydrogen-bond acceptors (Lipinski definition) is 6. The molecule has 0 amide bonds. The van der Waals surface area contributed by atoms with Gasteiger partial charge in [-0.25, -0.2) is 19.9 Å². The van der Waals surface area contributed by atoms with E-state index in [0.29, 0.717) is 22.8 Å². The quantitative estimate of drug-likeness (QED) is 0.177.